The van der Waals surface area contributed by atoms with Gasteiger partial charge in [0.05, 0.1) is 17.5 Å². The lowest BCUT2D eigenvalue weighted by Crippen LogP contribution is -1.97. The summed E-state index contributed by atoms with van der Waals surface area (Å²) in [6.45, 7) is 0.332. The lowest BCUT2D eigenvalue weighted by molar-refractivity contribution is -0.120. The highest BCUT2D eigenvalue weighted by Crippen LogP contribution is 2.32. The molecule has 7 heteroatoms. The maximum atomic E-state index is 10.6. The molecule has 6 nitrogen and oxygen atoms in total. The third-order valence-electron chi connectivity index (χ3n) is 3.99. The molecule has 4 rings (SSSR count). The highest BCUT2D eigenvalue weighted by molar-refractivity contribution is 7.12. The average molecular weight is 377 g/mol. The van der Waals surface area contributed by atoms with Crippen LogP contribution in [0.1, 0.15) is 5.56 Å². The van der Waals surface area contributed by atoms with Crippen molar-refractivity contribution in [1.82, 2.24) is 14.8 Å². The van der Waals surface area contributed by atoms with Gasteiger partial charge in [0.1, 0.15) is 5.69 Å². The normalized spacial score (nSPS) is 11.3. The fraction of sp³-hybridized carbons (Fsp3) is 0.0500. The Morgan fingerprint density at radius 3 is 2.81 bits per heavy atom. The maximum absolute atomic E-state index is 10.6. The summed E-state index contributed by atoms with van der Waals surface area (Å²) in [4.78, 5) is 14.9. The predicted molar refractivity (Wildman–Crippen MR) is 105 cm³/mol. The molecule has 0 saturated carbocycles. The summed E-state index contributed by atoms with van der Waals surface area (Å²) in [5, 5.41) is 17.0. The second-order valence-corrected chi connectivity index (χ2v) is 6.51. The van der Waals surface area contributed by atoms with Crippen LogP contribution in [-0.2, 0) is 4.79 Å². The predicted octanol–water partition coefficient (Wildman–Crippen LogP) is 3.69. The molecule has 0 aliphatic heterocycles. The van der Waals surface area contributed by atoms with Gasteiger partial charge in [-0.3, -0.25) is 4.79 Å². The van der Waals surface area contributed by atoms with Crippen LogP contribution in [0.15, 0.2) is 60.0 Å². The molecule has 0 radical (unpaired) electrons. The first-order chi connectivity index (χ1) is 13.3. The van der Waals surface area contributed by atoms with Crippen LogP contribution in [0.4, 0.5) is 0 Å². The SMILES string of the molecule is O=COc1csc(-n2nc(-c3ccccc3)c3ccc(C=CCO)cc32)n1. The van der Waals surface area contributed by atoms with E-state index in [1.54, 1.807) is 16.1 Å². The zero-order valence-corrected chi connectivity index (χ0v) is 15.0. The van der Waals surface area contributed by atoms with E-state index in [1.165, 1.54) is 11.3 Å². The first-order valence-corrected chi connectivity index (χ1v) is 9.10. The van der Waals surface area contributed by atoms with E-state index in [0.29, 0.717) is 11.6 Å². The summed E-state index contributed by atoms with van der Waals surface area (Å²) >= 11 is 1.34. The lowest BCUT2D eigenvalue weighted by atomic mass is 10.1. The van der Waals surface area contributed by atoms with Gasteiger partial charge >= 0.3 is 0 Å². The van der Waals surface area contributed by atoms with Crippen LogP contribution in [0.2, 0.25) is 0 Å². The fourth-order valence-corrected chi connectivity index (χ4v) is 3.53. The summed E-state index contributed by atoms with van der Waals surface area (Å²) in [6.07, 6.45) is 3.53. The Labute approximate surface area is 159 Å². The third kappa shape index (κ3) is 3.38. The van der Waals surface area contributed by atoms with Crippen molar-refractivity contribution in [3.8, 4) is 22.3 Å². The Bertz CT molecular complexity index is 1120. The van der Waals surface area contributed by atoms with Gasteiger partial charge in [-0.1, -0.05) is 59.9 Å². The molecule has 2 aromatic carbocycles. The number of rotatable bonds is 6. The van der Waals surface area contributed by atoms with E-state index in [-0.39, 0.29) is 12.5 Å². The highest BCUT2D eigenvalue weighted by Gasteiger charge is 2.16. The standard InChI is InChI=1S/C20H15N3O3S/c24-10-4-5-14-8-9-16-17(11-14)23(20-21-18(12-27-20)26-13-25)22-19(16)15-6-2-1-3-7-15/h1-9,11-13,24H,10H2. The smallest absolute Gasteiger partial charge is 0.299 e. The monoisotopic (exact) mass is 377 g/mol. The van der Waals surface area contributed by atoms with Crippen molar-refractivity contribution in [2.75, 3.05) is 6.61 Å². The molecule has 0 fully saturated rings. The number of hydrogen-bond donors (Lipinski definition) is 1. The van der Waals surface area contributed by atoms with Gasteiger partial charge in [0.15, 0.2) is 0 Å². The van der Waals surface area contributed by atoms with E-state index >= 15 is 0 Å². The Hall–Kier alpha value is -3.29. The number of thiazole rings is 1. The molecule has 2 heterocycles. The van der Waals surface area contributed by atoms with Crippen molar-refractivity contribution in [3.63, 3.8) is 0 Å². The minimum absolute atomic E-state index is 0.0224. The van der Waals surface area contributed by atoms with E-state index in [0.717, 1.165) is 27.7 Å². The minimum atomic E-state index is -0.0224. The topological polar surface area (TPSA) is 77.2 Å². The molecule has 0 saturated heterocycles. The maximum Gasteiger partial charge on any atom is 0.299 e. The molecular formula is C20H15N3O3S. The number of carbonyl (C=O) groups is 1. The molecule has 0 aliphatic rings. The minimum Gasteiger partial charge on any atom is -0.409 e. The number of aromatic nitrogens is 3. The Morgan fingerprint density at radius 2 is 2.04 bits per heavy atom. The third-order valence-corrected chi connectivity index (χ3v) is 4.78. The van der Waals surface area contributed by atoms with E-state index < -0.39 is 0 Å². The summed E-state index contributed by atoms with van der Waals surface area (Å²) in [6, 6.07) is 15.9. The number of hydrogen-bond acceptors (Lipinski definition) is 6. The van der Waals surface area contributed by atoms with Crippen LogP contribution in [0, 0.1) is 0 Å². The summed E-state index contributed by atoms with van der Waals surface area (Å²) in [5.41, 5.74) is 3.66. The molecule has 27 heavy (non-hydrogen) atoms. The fourth-order valence-electron chi connectivity index (χ4n) is 2.83. The Balaban J connectivity index is 1.92. The molecule has 134 valence electrons. The van der Waals surface area contributed by atoms with Gasteiger partial charge in [-0.15, -0.1) is 0 Å². The van der Waals surface area contributed by atoms with Gasteiger partial charge in [-0.2, -0.15) is 10.1 Å². The number of benzene rings is 2. The van der Waals surface area contributed by atoms with Gasteiger partial charge in [0, 0.05) is 10.9 Å². The van der Waals surface area contributed by atoms with Crippen molar-refractivity contribution < 1.29 is 14.6 Å². The number of carbonyl (C=O) groups excluding carboxylic acids is 1. The molecule has 0 aliphatic carbocycles. The van der Waals surface area contributed by atoms with Crippen LogP contribution in [0.5, 0.6) is 5.88 Å². The molecule has 0 amide bonds. The van der Waals surface area contributed by atoms with Crippen LogP contribution in [0.25, 0.3) is 33.4 Å². The van der Waals surface area contributed by atoms with Crippen molar-refractivity contribution >= 4 is 34.8 Å². The second kappa shape index (κ2) is 7.53. The number of ether oxygens (including phenoxy) is 1. The van der Waals surface area contributed by atoms with E-state index in [4.69, 9.17) is 14.9 Å². The number of nitrogens with zero attached hydrogens (tertiary/aromatic N) is 3. The Kier molecular flexibility index (Phi) is 4.78. The van der Waals surface area contributed by atoms with Gasteiger partial charge in [0.25, 0.3) is 6.47 Å². The van der Waals surface area contributed by atoms with Crippen LogP contribution in [0.3, 0.4) is 0 Å². The van der Waals surface area contributed by atoms with Crippen molar-refractivity contribution in [2.24, 2.45) is 0 Å². The molecular weight excluding hydrogens is 362 g/mol. The first-order valence-electron chi connectivity index (χ1n) is 8.22. The molecule has 0 bridgehead atoms. The van der Waals surface area contributed by atoms with E-state index in [1.807, 2.05) is 54.6 Å². The Morgan fingerprint density at radius 1 is 1.19 bits per heavy atom. The van der Waals surface area contributed by atoms with Crippen LogP contribution < -0.4 is 4.74 Å². The van der Waals surface area contributed by atoms with Gasteiger partial charge in [-0.25, -0.2) is 4.68 Å². The lowest BCUT2D eigenvalue weighted by Gasteiger charge is -2.00. The summed E-state index contributed by atoms with van der Waals surface area (Å²) in [5.74, 6) is 0.242. The largest absolute Gasteiger partial charge is 0.409 e. The molecule has 0 spiro atoms. The van der Waals surface area contributed by atoms with Crippen LogP contribution in [-0.4, -0.2) is 33.0 Å². The molecule has 0 atom stereocenters. The van der Waals surface area contributed by atoms with Gasteiger partial charge in [0.2, 0.25) is 11.0 Å². The molecule has 2 aromatic heterocycles. The summed E-state index contributed by atoms with van der Waals surface area (Å²) in [7, 11) is 0. The molecule has 0 unspecified atom stereocenters. The quantitative estimate of drug-likeness (QED) is 0.519. The molecule has 1 N–H and O–H groups in total. The first kappa shape index (κ1) is 17.1. The van der Waals surface area contributed by atoms with Crippen molar-refractivity contribution in [1.29, 1.82) is 0 Å². The highest BCUT2D eigenvalue weighted by atomic mass is 32.1. The van der Waals surface area contributed by atoms with Crippen LogP contribution >= 0.6 is 11.3 Å². The second-order valence-electron chi connectivity index (χ2n) is 5.67. The van der Waals surface area contributed by atoms with Gasteiger partial charge in [-0.05, 0) is 17.7 Å². The van der Waals surface area contributed by atoms with E-state index in [2.05, 4.69) is 4.98 Å². The number of aliphatic hydroxyl groups excluding tert-OH is 1. The van der Waals surface area contributed by atoms with Crippen molar-refractivity contribution in [3.05, 3.63) is 65.6 Å². The van der Waals surface area contributed by atoms with Gasteiger partial charge < -0.3 is 9.84 Å². The number of aliphatic hydroxyl groups is 1. The van der Waals surface area contributed by atoms with Crippen molar-refractivity contribution in [2.45, 2.75) is 0 Å². The molecule has 4 aromatic rings. The van der Waals surface area contributed by atoms with E-state index in [9.17, 15) is 4.79 Å². The summed E-state index contributed by atoms with van der Waals surface area (Å²) < 4.78 is 6.57. The zero-order valence-electron chi connectivity index (χ0n) is 14.1. The average Bonchev–Trinajstić information content (AvgIpc) is 3.31. The number of fused-ring (bicyclic) bond motifs is 1. The zero-order chi connectivity index (χ0) is 18.6.